The second-order valence-electron chi connectivity index (χ2n) is 11.3. The monoisotopic (exact) mass is 611 g/mol. The summed E-state index contributed by atoms with van der Waals surface area (Å²) in [5, 5.41) is 1.25. The second kappa shape index (κ2) is 10.2. The highest BCUT2D eigenvalue weighted by Gasteiger charge is 2.20. The van der Waals surface area contributed by atoms with Crippen molar-refractivity contribution in [2.45, 2.75) is 0 Å². The molecule has 218 valence electrons. The number of fused-ring (bicyclic) bond motifs is 7. The quantitative estimate of drug-likeness (QED) is 0.181. The predicted molar refractivity (Wildman–Crippen MR) is 200 cm³/mol. The van der Waals surface area contributed by atoms with Gasteiger partial charge in [-0.1, -0.05) is 145 Å². The van der Waals surface area contributed by atoms with Crippen LogP contribution < -0.4 is 0 Å². The van der Waals surface area contributed by atoms with Crippen LogP contribution in [0.4, 0.5) is 0 Å². The van der Waals surface area contributed by atoms with Crippen molar-refractivity contribution in [3.8, 4) is 33.4 Å². The fraction of sp³-hybridized carbons (Fsp3) is 0. The van der Waals surface area contributed by atoms with E-state index >= 15 is 0 Å². The molecule has 47 heavy (non-hydrogen) atoms. The average molecular weight is 612 g/mol. The van der Waals surface area contributed by atoms with E-state index < -0.39 is 107 Å². The Bertz CT molecular complexity index is 3620. The Morgan fingerprint density at radius 2 is 1.06 bits per heavy atom. The van der Waals surface area contributed by atoms with Gasteiger partial charge in [-0.3, -0.25) is 0 Å². The van der Waals surface area contributed by atoms with Crippen LogP contribution in [-0.4, -0.2) is 0 Å². The Hall–Kier alpha value is -6.18. The summed E-state index contributed by atoms with van der Waals surface area (Å²) in [4.78, 5) is 0. The number of benzene rings is 9. The zero-order valence-electron chi connectivity index (χ0n) is 39.4. The van der Waals surface area contributed by atoms with E-state index in [4.69, 9.17) is 16.8 Å². The second-order valence-corrected chi connectivity index (χ2v) is 11.3. The lowest BCUT2D eigenvalue weighted by Gasteiger charge is -2.18. The highest BCUT2D eigenvalue weighted by Crippen LogP contribution is 2.47. The normalized spacial score (nSPS) is 16.3. The molecule has 0 atom stereocenters. The van der Waals surface area contributed by atoms with E-state index in [1.807, 2.05) is 60.7 Å². The maximum Gasteiger partial charge on any atom is 0.136 e. The molecule has 0 amide bonds. The molecular weight excluding hydrogens is 569 g/mol. The molecule has 0 saturated heterocycles. The van der Waals surface area contributed by atoms with Crippen molar-refractivity contribution in [3.63, 3.8) is 0 Å². The Balaban J connectivity index is 1.45. The summed E-state index contributed by atoms with van der Waals surface area (Å²) >= 11 is 0. The van der Waals surface area contributed by atoms with Crippen LogP contribution >= 0.6 is 0 Å². The van der Waals surface area contributed by atoms with Crippen molar-refractivity contribution >= 4 is 65.0 Å². The highest BCUT2D eigenvalue weighted by molar-refractivity contribution is 6.26. The minimum Gasteiger partial charge on any atom is -0.456 e. The van der Waals surface area contributed by atoms with Gasteiger partial charge in [0, 0.05) is 10.8 Å². The minimum absolute atomic E-state index is 0.00785. The molecule has 1 heterocycles. The molecule has 10 aromatic rings. The Kier molecular flexibility index (Phi) is 3.33. The largest absolute Gasteiger partial charge is 0.456 e. The van der Waals surface area contributed by atoms with Crippen LogP contribution in [0.3, 0.4) is 0 Å². The van der Waals surface area contributed by atoms with E-state index in [9.17, 15) is 8.22 Å². The van der Waals surface area contributed by atoms with Crippen molar-refractivity contribution < 1.29 is 25.0 Å². The topological polar surface area (TPSA) is 13.1 Å². The smallest absolute Gasteiger partial charge is 0.136 e. The molecule has 0 aliphatic rings. The van der Waals surface area contributed by atoms with E-state index in [1.165, 1.54) is 0 Å². The van der Waals surface area contributed by atoms with Gasteiger partial charge in [-0.2, -0.15) is 0 Å². The number of furan rings is 1. The summed E-state index contributed by atoms with van der Waals surface area (Å²) in [6, 6.07) is 14.6. The fourth-order valence-electron chi connectivity index (χ4n) is 6.73. The van der Waals surface area contributed by atoms with Gasteiger partial charge in [0.2, 0.25) is 0 Å². The molecule has 0 unspecified atom stereocenters. The van der Waals surface area contributed by atoms with E-state index in [-0.39, 0.29) is 32.7 Å². The number of hydrogen-bond acceptors (Lipinski definition) is 1. The third-order valence-corrected chi connectivity index (χ3v) is 8.74. The standard InChI is InChI=1S/C46H28O/c1-2-13-31-27-33(24-23-29(31)11-1)44-36-16-5-7-18-38(36)45(39-19-8-6-17-37(39)44)40-21-10-22-43-46(40)41-28-32(25-26-42(41)47-43)35-20-9-14-30-12-3-4-15-34(30)35/h1-28H/i1D,2D,5D,6D,7D,8D,11D,13D,16D,17D,18D,19D,23D,24D,27D. The first-order chi connectivity index (χ1) is 29.6. The summed E-state index contributed by atoms with van der Waals surface area (Å²) < 4.78 is 142. The van der Waals surface area contributed by atoms with Crippen LogP contribution in [-0.2, 0) is 0 Å². The molecule has 1 aromatic heterocycles. The number of rotatable bonds is 3. The SMILES string of the molecule is [2H]c1c([2H])c([2H])c2c([2H])c(-c3c4c([2H])c([2H])c([2H])c([2H])c4c(-c4cccc5oc6ccc(-c7cccc8ccccc78)cc6c45)c4c([2H])c([2H])c([2H])c([2H])c34)c([2H])c([2H])c2c1[2H]. The zero-order chi connectivity index (χ0) is 44.0. The van der Waals surface area contributed by atoms with Crippen molar-refractivity contribution in [2.24, 2.45) is 0 Å². The van der Waals surface area contributed by atoms with Gasteiger partial charge >= 0.3 is 0 Å². The van der Waals surface area contributed by atoms with Crippen LogP contribution in [0.25, 0.3) is 98.4 Å². The summed E-state index contributed by atoms with van der Waals surface area (Å²) in [5.41, 5.74) is 2.07. The molecule has 1 nitrogen and oxygen atoms in total. The lowest BCUT2D eigenvalue weighted by Crippen LogP contribution is -1.91. The molecule has 0 aliphatic carbocycles. The fourth-order valence-corrected chi connectivity index (χ4v) is 6.73. The lowest BCUT2D eigenvalue weighted by molar-refractivity contribution is 0.669. The van der Waals surface area contributed by atoms with Crippen LogP contribution in [0.15, 0.2) is 174 Å². The molecular formula is C46H28O. The molecule has 0 N–H and O–H groups in total. The van der Waals surface area contributed by atoms with Crippen molar-refractivity contribution in [3.05, 3.63) is 169 Å². The minimum atomic E-state index is -0.744. The van der Waals surface area contributed by atoms with Crippen molar-refractivity contribution in [2.75, 3.05) is 0 Å². The first kappa shape index (κ1) is 15.4. The van der Waals surface area contributed by atoms with E-state index in [1.54, 1.807) is 18.2 Å². The highest BCUT2D eigenvalue weighted by atomic mass is 16.3. The predicted octanol–water partition coefficient (Wildman–Crippen LogP) is 13.2. The third kappa shape index (κ3) is 3.97. The molecule has 9 aromatic carbocycles. The Morgan fingerprint density at radius 1 is 0.404 bits per heavy atom. The van der Waals surface area contributed by atoms with Gasteiger partial charge in [0.15, 0.2) is 0 Å². The molecule has 0 aliphatic heterocycles. The molecule has 0 fully saturated rings. The maximum atomic E-state index is 9.50. The van der Waals surface area contributed by atoms with Gasteiger partial charge in [0.05, 0.1) is 20.6 Å². The van der Waals surface area contributed by atoms with Crippen molar-refractivity contribution in [1.29, 1.82) is 0 Å². The molecule has 1 heteroatoms. The maximum absolute atomic E-state index is 9.50. The van der Waals surface area contributed by atoms with Crippen LogP contribution in [0.2, 0.25) is 0 Å². The van der Waals surface area contributed by atoms with Gasteiger partial charge in [0.25, 0.3) is 0 Å². The Labute approximate surface area is 293 Å². The van der Waals surface area contributed by atoms with Crippen LogP contribution in [0, 0.1) is 0 Å². The van der Waals surface area contributed by atoms with Crippen molar-refractivity contribution in [1.82, 2.24) is 0 Å². The average Bonchev–Trinajstić information content (AvgIpc) is 3.66. The summed E-state index contributed by atoms with van der Waals surface area (Å²) in [6.45, 7) is 0. The van der Waals surface area contributed by atoms with Crippen LogP contribution in [0.1, 0.15) is 20.6 Å². The molecule has 0 saturated carbocycles. The van der Waals surface area contributed by atoms with E-state index in [2.05, 4.69) is 0 Å². The number of hydrogen-bond donors (Lipinski definition) is 0. The summed E-state index contributed by atoms with van der Waals surface area (Å²) in [5.74, 6) is 0. The first-order valence-electron chi connectivity index (χ1n) is 22.5. The molecule has 0 radical (unpaired) electrons. The lowest BCUT2D eigenvalue weighted by atomic mass is 9.84. The summed E-state index contributed by atoms with van der Waals surface area (Å²) in [7, 11) is 0. The molecule has 0 spiro atoms. The zero-order valence-corrected chi connectivity index (χ0v) is 24.4. The third-order valence-electron chi connectivity index (χ3n) is 8.74. The Morgan fingerprint density at radius 3 is 1.87 bits per heavy atom. The van der Waals surface area contributed by atoms with Gasteiger partial charge < -0.3 is 4.42 Å². The molecule has 0 bridgehead atoms. The van der Waals surface area contributed by atoms with Crippen LogP contribution in [0.5, 0.6) is 0 Å². The van der Waals surface area contributed by atoms with Gasteiger partial charge in [-0.25, -0.2) is 0 Å². The first-order valence-corrected chi connectivity index (χ1v) is 15.0. The van der Waals surface area contributed by atoms with Gasteiger partial charge in [-0.05, 0) is 101 Å². The van der Waals surface area contributed by atoms with E-state index in [0.29, 0.717) is 27.5 Å². The summed E-state index contributed by atoms with van der Waals surface area (Å²) in [6.07, 6.45) is 0. The van der Waals surface area contributed by atoms with E-state index in [0.717, 1.165) is 21.9 Å². The van der Waals surface area contributed by atoms with Gasteiger partial charge in [0.1, 0.15) is 11.2 Å². The van der Waals surface area contributed by atoms with Gasteiger partial charge in [-0.15, -0.1) is 0 Å². The molecule has 10 rings (SSSR count).